The lowest BCUT2D eigenvalue weighted by atomic mass is 10.2. The van der Waals surface area contributed by atoms with Crippen molar-refractivity contribution in [1.29, 1.82) is 0 Å². The van der Waals surface area contributed by atoms with Crippen molar-refractivity contribution >= 4 is 15.8 Å². The predicted octanol–water partition coefficient (Wildman–Crippen LogP) is 0.0870. The van der Waals surface area contributed by atoms with Crippen molar-refractivity contribution < 1.29 is 13.2 Å². The molecule has 0 bridgehead atoms. The lowest BCUT2D eigenvalue weighted by molar-refractivity contribution is 0.203. The molecule has 7 nitrogen and oxygen atoms in total. The molecule has 1 rings (SSSR count). The number of likely N-dealkylation sites (N-methyl/N-ethyl adjacent to an activating group) is 1. The Balaban J connectivity index is 2.51. The van der Waals surface area contributed by atoms with Crippen LogP contribution in [0.4, 0.5) is 0 Å². The van der Waals surface area contributed by atoms with E-state index in [1.807, 2.05) is 0 Å². The first-order chi connectivity index (χ1) is 11.0. The van der Waals surface area contributed by atoms with Crippen molar-refractivity contribution in [1.82, 2.24) is 15.5 Å². The third-order valence-electron chi connectivity index (χ3n) is 4.11. The zero-order valence-corrected chi connectivity index (χ0v) is 15.5. The fourth-order valence-electron chi connectivity index (χ4n) is 2.63. The minimum Gasteiger partial charge on any atom is -0.383 e. The largest absolute Gasteiger partial charge is 0.383 e. The standard InChI is InChI=1S/C15H32N4O3S/c1-4-19-10-6-7-14(19)13-18-15(16-8-11-22-3)17-9-12-23(20,21)5-2/h14H,4-13H2,1-3H3,(H2,16,17,18). The van der Waals surface area contributed by atoms with Gasteiger partial charge in [-0.3, -0.25) is 9.89 Å². The number of hydrogen-bond acceptors (Lipinski definition) is 5. The van der Waals surface area contributed by atoms with Crippen LogP contribution in [0.15, 0.2) is 4.99 Å². The number of nitrogens with one attached hydrogen (secondary N) is 2. The van der Waals surface area contributed by atoms with Gasteiger partial charge >= 0.3 is 0 Å². The molecule has 0 spiro atoms. The molecule has 0 aromatic carbocycles. The van der Waals surface area contributed by atoms with Crippen molar-refractivity contribution in [3.8, 4) is 0 Å². The summed E-state index contributed by atoms with van der Waals surface area (Å²) in [5.41, 5.74) is 0. The van der Waals surface area contributed by atoms with Crippen LogP contribution in [0.25, 0.3) is 0 Å². The molecule has 2 N–H and O–H groups in total. The molecular formula is C15H32N4O3S. The molecular weight excluding hydrogens is 316 g/mol. The Kier molecular flexibility index (Phi) is 9.50. The number of rotatable bonds is 10. The second kappa shape index (κ2) is 10.8. The van der Waals surface area contributed by atoms with Crippen molar-refractivity contribution in [3.63, 3.8) is 0 Å². The Hall–Kier alpha value is -0.860. The molecule has 1 aliphatic rings. The molecule has 136 valence electrons. The zero-order valence-electron chi connectivity index (χ0n) is 14.7. The first kappa shape index (κ1) is 20.2. The minimum absolute atomic E-state index is 0.124. The molecule has 1 atom stereocenters. The van der Waals surface area contributed by atoms with Gasteiger partial charge in [-0.05, 0) is 25.9 Å². The lowest BCUT2D eigenvalue weighted by Crippen LogP contribution is -2.42. The summed E-state index contributed by atoms with van der Waals surface area (Å²) in [5, 5.41) is 6.29. The molecule has 0 aromatic heterocycles. The minimum atomic E-state index is -2.96. The molecule has 23 heavy (non-hydrogen) atoms. The maximum atomic E-state index is 11.6. The second-order valence-electron chi connectivity index (χ2n) is 5.70. The quantitative estimate of drug-likeness (QED) is 0.331. The number of likely N-dealkylation sites (tertiary alicyclic amines) is 1. The molecule has 1 fully saturated rings. The second-order valence-corrected chi connectivity index (χ2v) is 8.17. The highest BCUT2D eigenvalue weighted by Crippen LogP contribution is 2.16. The zero-order chi connectivity index (χ0) is 17.1. The van der Waals surface area contributed by atoms with Crippen molar-refractivity contribution in [2.75, 3.05) is 57.9 Å². The number of aliphatic imine (C=N–C) groups is 1. The molecule has 0 radical (unpaired) electrons. The molecule has 8 heteroatoms. The van der Waals surface area contributed by atoms with E-state index in [0.717, 1.165) is 19.6 Å². The molecule has 0 aromatic rings. The molecule has 0 amide bonds. The normalized spacial score (nSPS) is 20.0. The van der Waals surface area contributed by atoms with Gasteiger partial charge in [0.05, 0.1) is 18.9 Å². The topological polar surface area (TPSA) is 83.0 Å². The monoisotopic (exact) mass is 348 g/mol. The average Bonchev–Trinajstić information content (AvgIpc) is 2.99. The van der Waals surface area contributed by atoms with Crippen LogP contribution in [0.1, 0.15) is 26.7 Å². The van der Waals surface area contributed by atoms with Gasteiger partial charge in [0.2, 0.25) is 0 Å². The van der Waals surface area contributed by atoms with E-state index in [1.54, 1.807) is 14.0 Å². The number of methoxy groups -OCH3 is 1. The molecule has 0 aliphatic carbocycles. The number of nitrogens with zero attached hydrogens (tertiary/aromatic N) is 2. The third-order valence-corrected chi connectivity index (χ3v) is 5.82. The van der Waals surface area contributed by atoms with Gasteiger partial charge in [0.25, 0.3) is 0 Å². The predicted molar refractivity (Wildman–Crippen MR) is 94.8 cm³/mol. The third kappa shape index (κ3) is 7.99. The van der Waals surface area contributed by atoms with E-state index in [4.69, 9.17) is 4.74 Å². The molecule has 1 saturated heterocycles. The fraction of sp³-hybridized carbons (Fsp3) is 0.933. The van der Waals surface area contributed by atoms with Crippen LogP contribution in [-0.4, -0.2) is 83.3 Å². The van der Waals surface area contributed by atoms with Gasteiger partial charge in [-0.2, -0.15) is 0 Å². The Morgan fingerprint density at radius 2 is 2.04 bits per heavy atom. The van der Waals surface area contributed by atoms with Gasteiger partial charge in [-0.15, -0.1) is 0 Å². The van der Waals surface area contributed by atoms with E-state index in [-0.39, 0.29) is 11.5 Å². The highest BCUT2D eigenvalue weighted by Gasteiger charge is 2.22. The number of ether oxygens (including phenoxy) is 1. The highest BCUT2D eigenvalue weighted by molar-refractivity contribution is 7.91. The number of hydrogen-bond donors (Lipinski definition) is 2. The summed E-state index contributed by atoms with van der Waals surface area (Å²) in [4.78, 5) is 7.07. The van der Waals surface area contributed by atoms with Gasteiger partial charge in [0.15, 0.2) is 15.8 Å². The Labute approximate surface area is 140 Å². The van der Waals surface area contributed by atoms with Gasteiger partial charge in [0.1, 0.15) is 0 Å². The lowest BCUT2D eigenvalue weighted by Gasteiger charge is -2.21. The van der Waals surface area contributed by atoms with Gasteiger partial charge < -0.3 is 15.4 Å². The van der Waals surface area contributed by atoms with Gasteiger partial charge in [-0.1, -0.05) is 13.8 Å². The van der Waals surface area contributed by atoms with Gasteiger partial charge in [-0.25, -0.2) is 8.42 Å². The average molecular weight is 349 g/mol. The van der Waals surface area contributed by atoms with Crippen LogP contribution in [-0.2, 0) is 14.6 Å². The summed E-state index contributed by atoms with van der Waals surface area (Å²) < 4.78 is 28.2. The summed E-state index contributed by atoms with van der Waals surface area (Å²) in [6.07, 6.45) is 2.40. The van der Waals surface area contributed by atoms with Crippen molar-refractivity contribution in [2.45, 2.75) is 32.7 Å². The SMILES string of the molecule is CCN1CCCC1CN=C(NCCOC)NCCS(=O)(=O)CC. The van der Waals surface area contributed by atoms with E-state index in [1.165, 1.54) is 12.8 Å². The molecule has 1 heterocycles. The van der Waals surface area contributed by atoms with E-state index >= 15 is 0 Å². The number of guanidine groups is 1. The van der Waals surface area contributed by atoms with Crippen molar-refractivity contribution in [3.05, 3.63) is 0 Å². The van der Waals surface area contributed by atoms with Crippen LogP contribution < -0.4 is 10.6 Å². The molecule has 0 saturated carbocycles. The Morgan fingerprint density at radius 1 is 1.30 bits per heavy atom. The van der Waals surface area contributed by atoms with E-state index in [9.17, 15) is 8.42 Å². The smallest absolute Gasteiger partial charge is 0.191 e. The summed E-state index contributed by atoms with van der Waals surface area (Å²) in [5.74, 6) is 0.960. The highest BCUT2D eigenvalue weighted by atomic mass is 32.2. The first-order valence-electron chi connectivity index (χ1n) is 8.48. The first-order valence-corrected chi connectivity index (χ1v) is 10.3. The summed E-state index contributed by atoms with van der Waals surface area (Å²) >= 11 is 0. The molecule has 1 unspecified atom stereocenters. The number of sulfone groups is 1. The van der Waals surface area contributed by atoms with E-state index < -0.39 is 9.84 Å². The van der Waals surface area contributed by atoms with Gasteiger partial charge in [0, 0.05) is 32.0 Å². The fourth-order valence-corrected chi connectivity index (χ4v) is 3.33. The van der Waals surface area contributed by atoms with Crippen LogP contribution >= 0.6 is 0 Å². The van der Waals surface area contributed by atoms with Crippen LogP contribution in [0, 0.1) is 0 Å². The van der Waals surface area contributed by atoms with Crippen LogP contribution in [0.2, 0.25) is 0 Å². The van der Waals surface area contributed by atoms with Crippen molar-refractivity contribution in [2.24, 2.45) is 4.99 Å². The van der Waals surface area contributed by atoms with Crippen LogP contribution in [0.3, 0.4) is 0 Å². The maximum absolute atomic E-state index is 11.6. The molecule has 1 aliphatic heterocycles. The Bertz CT molecular complexity index is 454. The summed E-state index contributed by atoms with van der Waals surface area (Å²) in [7, 11) is -1.31. The summed E-state index contributed by atoms with van der Waals surface area (Å²) in [6.45, 7) is 8.37. The summed E-state index contributed by atoms with van der Waals surface area (Å²) in [6, 6.07) is 0.486. The maximum Gasteiger partial charge on any atom is 0.191 e. The Morgan fingerprint density at radius 3 is 2.70 bits per heavy atom. The van der Waals surface area contributed by atoms with E-state index in [2.05, 4.69) is 27.4 Å². The van der Waals surface area contributed by atoms with Crippen LogP contribution in [0.5, 0.6) is 0 Å². The van der Waals surface area contributed by atoms with E-state index in [0.29, 0.717) is 31.7 Å².